The molecule has 27 heavy (non-hydrogen) atoms. The summed E-state index contributed by atoms with van der Waals surface area (Å²) >= 11 is 0. The quantitative estimate of drug-likeness (QED) is 0.635. The number of benzene rings is 2. The minimum atomic E-state index is 0. The molecule has 2 aromatic rings. The second-order valence-corrected chi connectivity index (χ2v) is 7.85. The molecule has 0 N–H and O–H groups in total. The fraction of sp³-hybridized carbons (Fsp3) is 0.458. The van der Waals surface area contributed by atoms with Crippen LogP contribution in [0, 0.1) is 19.9 Å². The topological polar surface area (TPSA) is 6.48 Å². The number of anilines is 1. The number of aryl methyl sites for hydroxylation is 2. The Bertz CT molecular complexity index is 730. The van der Waals surface area contributed by atoms with E-state index in [-0.39, 0.29) is 32.7 Å². The van der Waals surface area contributed by atoms with E-state index in [0.29, 0.717) is 0 Å². The van der Waals surface area contributed by atoms with E-state index in [1.54, 1.807) is 16.8 Å². The molecule has 0 aliphatic carbocycles. The number of piperidine rings is 1. The van der Waals surface area contributed by atoms with Gasteiger partial charge in [0.2, 0.25) is 0 Å². The standard InChI is InChI=1S/C17H23N2.C7H7.Y/c1-2-9-18-11-8-16-15(12-18)14-7-3-5-13-6-4-10-19(16)17(13)14;1-7-5-3-2-4-6-7;/h3,5,7,15-16H,1-2,4,6,8-12H2;3-6H,1H3;/q2*-1;/t15-,16-;;/m0../s1. The first-order valence-corrected chi connectivity index (χ1v) is 10.1. The van der Waals surface area contributed by atoms with Crippen LogP contribution >= 0.6 is 0 Å². The van der Waals surface area contributed by atoms with Crippen molar-refractivity contribution in [3.05, 3.63) is 72.1 Å². The van der Waals surface area contributed by atoms with Crippen LogP contribution in [0.15, 0.2) is 42.5 Å². The van der Waals surface area contributed by atoms with Crippen molar-refractivity contribution in [1.29, 1.82) is 0 Å². The molecule has 1 radical (unpaired) electrons. The molecule has 0 spiro atoms. The first-order valence-electron chi connectivity index (χ1n) is 10.1. The Morgan fingerprint density at radius 1 is 1.15 bits per heavy atom. The number of hydrogen-bond donors (Lipinski definition) is 0. The molecule has 5 rings (SSSR count). The maximum Gasteiger partial charge on any atom is 0.0438 e. The number of fused-ring (bicyclic) bond motifs is 3. The molecule has 0 saturated carbocycles. The third-order valence-electron chi connectivity index (χ3n) is 6.10. The van der Waals surface area contributed by atoms with Gasteiger partial charge >= 0.3 is 0 Å². The van der Waals surface area contributed by atoms with Crippen LogP contribution in [-0.2, 0) is 39.1 Å². The van der Waals surface area contributed by atoms with Crippen molar-refractivity contribution in [2.75, 3.05) is 31.1 Å². The first kappa shape index (κ1) is 21.0. The maximum absolute atomic E-state index is 4.01. The Hall–Kier alpha value is -0.696. The van der Waals surface area contributed by atoms with Gasteiger partial charge in [0.1, 0.15) is 0 Å². The summed E-state index contributed by atoms with van der Waals surface area (Å²) in [6, 6.07) is 18.6. The molecular formula is C24H30N2Y-2. The van der Waals surface area contributed by atoms with Crippen molar-refractivity contribution in [1.82, 2.24) is 4.90 Å². The second kappa shape index (κ2) is 9.68. The summed E-state index contributed by atoms with van der Waals surface area (Å²) < 4.78 is 0. The van der Waals surface area contributed by atoms with Gasteiger partial charge in [0.05, 0.1) is 0 Å². The molecule has 141 valence electrons. The average molecular weight is 435 g/mol. The van der Waals surface area contributed by atoms with Crippen molar-refractivity contribution in [3.8, 4) is 0 Å². The van der Waals surface area contributed by atoms with Gasteiger partial charge in [-0.2, -0.15) is 42.3 Å². The minimum Gasteiger partial charge on any atom is -0.367 e. The molecule has 3 heterocycles. The normalized spacial score (nSPS) is 22.8. The second-order valence-electron chi connectivity index (χ2n) is 7.85. The number of para-hydroxylation sites is 1. The van der Waals surface area contributed by atoms with Gasteiger partial charge < -0.3 is 16.7 Å². The predicted molar refractivity (Wildman–Crippen MR) is 110 cm³/mol. The summed E-state index contributed by atoms with van der Waals surface area (Å²) in [5, 5.41) is 0. The Balaban J connectivity index is 0.000000225. The van der Waals surface area contributed by atoms with Crippen molar-refractivity contribution in [3.63, 3.8) is 0 Å². The van der Waals surface area contributed by atoms with Gasteiger partial charge in [0.15, 0.2) is 0 Å². The predicted octanol–water partition coefficient (Wildman–Crippen LogP) is 4.63. The van der Waals surface area contributed by atoms with Crippen LogP contribution in [0.2, 0.25) is 0 Å². The van der Waals surface area contributed by atoms with Gasteiger partial charge in [0.25, 0.3) is 0 Å². The van der Waals surface area contributed by atoms with E-state index in [4.69, 9.17) is 0 Å². The zero-order valence-corrected chi connectivity index (χ0v) is 19.4. The van der Waals surface area contributed by atoms with Gasteiger partial charge in [-0.1, -0.05) is 25.1 Å². The van der Waals surface area contributed by atoms with Crippen LogP contribution in [0.3, 0.4) is 0 Å². The largest absolute Gasteiger partial charge is 0.367 e. The fourth-order valence-electron chi connectivity index (χ4n) is 4.93. The van der Waals surface area contributed by atoms with Crippen LogP contribution in [0.25, 0.3) is 0 Å². The molecule has 3 aliphatic heterocycles. The molecule has 3 aliphatic rings. The Kier molecular flexibility index (Phi) is 7.53. The van der Waals surface area contributed by atoms with Crippen LogP contribution in [-0.4, -0.2) is 37.1 Å². The molecule has 0 aromatic heterocycles. The van der Waals surface area contributed by atoms with E-state index < -0.39 is 0 Å². The van der Waals surface area contributed by atoms with Crippen molar-refractivity contribution in [2.24, 2.45) is 0 Å². The molecule has 1 fully saturated rings. The summed E-state index contributed by atoms with van der Waals surface area (Å²) in [6.07, 6.45) is 4.98. The number of rotatable bonds is 2. The zero-order valence-electron chi connectivity index (χ0n) is 16.5. The molecule has 0 bridgehead atoms. The van der Waals surface area contributed by atoms with E-state index in [0.717, 1.165) is 24.9 Å². The first-order chi connectivity index (χ1) is 12.8. The van der Waals surface area contributed by atoms with Crippen LogP contribution < -0.4 is 4.90 Å². The number of nitrogens with zero attached hydrogens (tertiary/aromatic N) is 2. The van der Waals surface area contributed by atoms with E-state index in [9.17, 15) is 0 Å². The van der Waals surface area contributed by atoms with Crippen LogP contribution in [0.5, 0.6) is 0 Å². The molecule has 2 atom stereocenters. The minimum absolute atomic E-state index is 0. The molecule has 2 aromatic carbocycles. The van der Waals surface area contributed by atoms with Gasteiger partial charge in [0, 0.05) is 70.0 Å². The average Bonchev–Trinajstić information content (AvgIpc) is 2.99. The Morgan fingerprint density at radius 3 is 2.67 bits per heavy atom. The van der Waals surface area contributed by atoms with E-state index in [1.165, 1.54) is 44.5 Å². The Labute approximate surface area is 190 Å². The monoisotopic (exact) mass is 435 g/mol. The number of hydrogen-bond acceptors (Lipinski definition) is 2. The van der Waals surface area contributed by atoms with Crippen LogP contribution in [0.4, 0.5) is 5.69 Å². The molecular weight excluding hydrogens is 405 g/mol. The van der Waals surface area contributed by atoms with Gasteiger partial charge in [-0.3, -0.25) is 0 Å². The summed E-state index contributed by atoms with van der Waals surface area (Å²) in [5.41, 5.74) is 6.14. The molecule has 1 saturated heterocycles. The summed E-state index contributed by atoms with van der Waals surface area (Å²) in [5.74, 6) is 0.744. The third kappa shape index (κ3) is 4.49. The SMILES string of the molecule is Cc1cc[c-]cc1.[CH2-]CCN1CC[C@H]2[C@@H](C1)c1cccc3c1N2CCC3.[Y]. The summed E-state index contributed by atoms with van der Waals surface area (Å²) in [6.45, 7) is 11.0. The van der Waals surface area contributed by atoms with Crippen molar-refractivity contribution >= 4 is 5.69 Å². The number of likely N-dealkylation sites (tertiary alicyclic amines) is 1. The maximum atomic E-state index is 4.01. The smallest absolute Gasteiger partial charge is 0.0438 e. The van der Waals surface area contributed by atoms with E-state index in [1.807, 2.05) is 24.3 Å². The van der Waals surface area contributed by atoms with Gasteiger partial charge in [-0.05, 0) is 36.9 Å². The third-order valence-corrected chi connectivity index (χ3v) is 6.10. The molecule has 0 unspecified atom stereocenters. The molecule has 2 nitrogen and oxygen atoms in total. The Morgan fingerprint density at radius 2 is 1.96 bits per heavy atom. The molecule has 0 amide bonds. The van der Waals surface area contributed by atoms with E-state index in [2.05, 4.69) is 47.9 Å². The molecule has 3 heteroatoms. The van der Waals surface area contributed by atoms with Crippen LogP contribution in [0.1, 0.15) is 41.9 Å². The van der Waals surface area contributed by atoms with E-state index >= 15 is 0 Å². The van der Waals surface area contributed by atoms with Gasteiger partial charge in [-0.15, -0.1) is 0 Å². The van der Waals surface area contributed by atoms with Crippen molar-refractivity contribution < 1.29 is 32.7 Å². The summed E-state index contributed by atoms with van der Waals surface area (Å²) in [7, 11) is 0. The fourth-order valence-corrected chi connectivity index (χ4v) is 4.93. The zero-order chi connectivity index (χ0) is 17.9. The van der Waals surface area contributed by atoms with Gasteiger partial charge in [-0.25, -0.2) is 0 Å². The summed E-state index contributed by atoms with van der Waals surface area (Å²) in [4.78, 5) is 5.35. The van der Waals surface area contributed by atoms with Crippen molar-refractivity contribution in [2.45, 2.75) is 44.6 Å².